The summed E-state index contributed by atoms with van der Waals surface area (Å²) >= 11 is 0. The van der Waals surface area contributed by atoms with Crippen molar-refractivity contribution in [1.29, 1.82) is 0 Å². The minimum absolute atomic E-state index is 0.0592. The van der Waals surface area contributed by atoms with Crippen molar-refractivity contribution < 1.29 is 46.1 Å². The lowest BCUT2D eigenvalue weighted by atomic mass is 9.41. The lowest BCUT2D eigenvalue weighted by Gasteiger charge is -2.67. The molecule has 0 unspecified atom stereocenters. The zero-order valence-electron chi connectivity index (χ0n) is 22.2. The summed E-state index contributed by atoms with van der Waals surface area (Å²) in [5.74, 6) is -0.618. The summed E-state index contributed by atoms with van der Waals surface area (Å²) in [4.78, 5) is 16.1. The molecule has 0 saturated heterocycles. The topological polar surface area (TPSA) is 108 Å². The van der Waals surface area contributed by atoms with Gasteiger partial charge in [0.25, 0.3) is 0 Å². The molecule has 1 aromatic carbocycles. The van der Waals surface area contributed by atoms with Crippen molar-refractivity contribution >= 4 is 11.8 Å². The van der Waals surface area contributed by atoms with Crippen molar-refractivity contribution in [2.75, 3.05) is 5.32 Å². The number of alkyl halides is 5. The van der Waals surface area contributed by atoms with Gasteiger partial charge in [-0.05, 0) is 75.3 Å². The first kappa shape index (κ1) is 26.9. The predicted octanol–water partition coefficient (Wildman–Crippen LogP) is 6.18. The van der Waals surface area contributed by atoms with Gasteiger partial charge in [0.05, 0.1) is 22.8 Å². The number of fused-ring (bicyclic) bond motifs is 2. The van der Waals surface area contributed by atoms with Gasteiger partial charge in [0, 0.05) is 5.56 Å². The van der Waals surface area contributed by atoms with Gasteiger partial charge in [0.15, 0.2) is 23.0 Å². The first-order chi connectivity index (χ1) is 19.8. The molecule has 1 aliphatic heterocycles. The van der Waals surface area contributed by atoms with Crippen LogP contribution < -0.4 is 14.8 Å². The SMILES string of the molecule is C[C@H](Nc1cccc(-n2nc(C(F)(F)F)c3c2[C@H](OC24CC(C(=O)O)(C2)C4)CCC3)n1)c1ccc2c(c1)OC(F)(F)O2. The fourth-order valence-corrected chi connectivity index (χ4v) is 6.67. The fourth-order valence-electron chi connectivity index (χ4n) is 6.67. The third-order valence-electron chi connectivity index (χ3n) is 8.56. The minimum Gasteiger partial charge on any atom is -0.481 e. The zero-order chi connectivity index (χ0) is 29.7. The van der Waals surface area contributed by atoms with E-state index in [1.807, 2.05) is 0 Å². The van der Waals surface area contributed by atoms with Crippen molar-refractivity contribution in [2.45, 2.75) is 75.7 Å². The van der Waals surface area contributed by atoms with Crippen molar-refractivity contribution in [2.24, 2.45) is 5.41 Å². The van der Waals surface area contributed by atoms with E-state index < -0.39 is 47.3 Å². The highest BCUT2D eigenvalue weighted by atomic mass is 19.4. The molecule has 8 rings (SSSR count). The van der Waals surface area contributed by atoms with Crippen molar-refractivity contribution in [3.63, 3.8) is 0 Å². The molecule has 4 aliphatic carbocycles. The summed E-state index contributed by atoms with van der Waals surface area (Å²) in [6, 6.07) is 8.71. The van der Waals surface area contributed by atoms with Gasteiger partial charge in [-0.15, -0.1) is 8.78 Å². The summed E-state index contributed by atoms with van der Waals surface area (Å²) in [6.07, 6.45) is -7.00. The third-order valence-corrected chi connectivity index (χ3v) is 8.56. The van der Waals surface area contributed by atoms with Crippen molar-refractivity contribution in [1.82, 2.24) is 14.8 Å². The number of halogens is 5. The number of carboxylic acid groups (broad SMARTS) is 1. The average molecular weight is 593 g/mol. The monoisotopic (exact) mass is 592 g/mol. The Balaban J connectivity index is 1.18. The molecule has 222 valence electrons. The number of aromatic nitrogens is 3. The van der Waals surface area contributed by atoms with Crippen LogP contribution >= 0.6 is 0 Å². The summed E-state index contributed by atoms with van der Waals surface area (Å²) in [5, 5.41) is 16.6. The summed E-state index contributed by atoms with van der Waals surface area (Å²) < 4.78 is 85.7. The second kappa shape index (κ2) is 8.79. The largest absolute Gasteiger partial charge is 0.586 e. The van der Waals surface area contributed by atoms with E-state index in [4.69, 9.17) is 4.74 Å². The standard InChI is InChI=1S/C28H25F5N4O5/c1-14(15-8-9-17-19(10-15)42-28(32,33)41-17)34-20-6-3-7-21(35-20)37-22-16(23(36-37)27(29,30)31)4-2-5-18(22)40-26-11-25(12-26,13-26)24(38)39/h3,6-10,14,18H,2,4-5,11-13H2,1H3,(H,34,35)(H,38,39)/t14-,18+,25?,26?/m0/s1. The van der Waals surface area contributed by atoms with E-state index in [-0.39, 0.29) is 35.0 Å². The molecular formula is C28H25F5N4O5. The number of aliphatic carboxylic acids is 1. The molecule has 3 fully saturated rings. The Labute approximate surface area is 235 Å². The van der Waals surface area contributed by atoms with E-state index in [1.165, 1.54) is 22.9 Å². The number of anilines is 1. The molecular weight excluding hydrogens is 567 g/mol. The van der Waals surface area contributed by atoms with Gasteiger partial charge in [-0.1, -0.05) is 12.1 Å². The highest BCUT2D eigenvalue weighted by molar-refractivity contribution is 5.79. The molecule has 3 saturated carbocycles. The summed E-state index contributed by atoms with van der Waals surface area (Å²) in [7, 11) is 0. The minimum atomic E-state index is -4.69. The van der Waals surface area contributed by atoms with Crippen LogP contribution in [0.3, 0.4) is 0 Å². The molecule has 0 radical (unpaired) electrons. The molecule has 0 amide bonds. The number of hydrogen-bond donors (Lipinski definition) is 2. The van der Waals surface area contributed by atoms with E-state index >= 15 is 0 Å². The van der Waals surface area contributed by atoms with E-state index in [0.717, 1.165) is 0 Å². The maximum atomic E-state index is 14.1. The number of pyridine rings is 1. The Morgan fingerprint density at radius 1 is 1.17 bits per heavy atom. The number of ether oxygens (including phenoxy) is 3. The van der Waals surface area contributed by atoms with Gasteiger partial charge in [-0.25, -0.2) is 9.67 Å². The Kier molecular flexibility index (Phi) is 5.63. The van der Waals surface area contributed by atoms with Crippen molar-refractivity contribution in [3.8, 4) is 17.3 Å². The predicted molar refractivity (Wildman–Crippen MR) is 134 cm³/mol. The normalized spacial score (nSPS) is 27.4. The molecule has 5 aliphatic rings. The molecule has 2 aromatic heterocycles. The second-order valence-electron chi connectivity index (χ2n) is 11.5. The highest BCUT2D eigenvalue weighted by Gasteiger charge is 2.73. The summed E-state index contributed by atoms with van der Waals surface area (Å²) in [5.41, 5.74) is -1.50. The van der Waals surface area contributed by atoms with Crippen LogP contribution in [0.1, 0.15) is 73.7 Å². The van der Waals surface area contributed by atoms with E-state index in [0.29, 0.717) is 43.5 Å². The van der Waals surface area contributed by atoms with E-state index in [1.54, 1.807) is 25.1 Å². The molecule has 2 atom stereocenters. The maximum absolute atomic E-state index is 14.1. The molecule has 0 spiro atoms. The second-order valence-corrected chi connectivity index (χ2v) is 11.5. The average Bonchev–Trinajstić information content (AvgIpc) is 3.41. The number of carboxylic acids is 1. The third kappa shape index (κ3) is 4.26. The van der Waals surface area contributed by atoms with Crippen LogP contribution in [-0.4, -0.2) is 37.7 Å². The number of benzene rings is 1. The molecule has 14 heteroatoms. The van der Waals surface area contributed by atoms with Gasteiger partial charge in [-0.3, -0.25) is 4.79 Å². The number of hydrogen-bond acceptors (Lipinski definition) is 7. The smallest absolute Gasteiger partial charge is 0.481 e. The fraction of sp³-hybridized carbons (Fsp3) is 0.464. The van der Waals surface area contributed by atoms with Crippen LogP contribution in [0.5, 0.6) is 11.5 Å². The lowest BCUT2D eigenvalue weighted by molar-refractivity contribution is -0.300. The highest BCUT2D eigenvalue weighted by Crippen LogP contribution is 2.70. The number of rotatable bonds is 7. The van der Waals surface area contributed by atoms with Gasteiger partial charge in [-0.2, -0.15) is 18.3 Å². The number of nitrogens with one attached hydrogen (secondary N) is 1. The molecule has 2 bridgehead atoms. The molecule has 3 aromatic rings. The van der Waals surface area contributed by atoms with Crippen LogP contribution in [-0.2, 0) is 22.1 Å². The Bertz CT molecular complexity index is 1590. The quantitative estimate of drug-likeness (QED) is 0.313. The van der Waals surface area contributed by atoms with Gasteiger partial charge in [0.1, 0.15) is 11.9 Å². The van der Waals surface area contributed by atoms with E-state index in [2.05, 4.69) is 24.9 Å². The van der Waals surface area contributed by atoms with Gasteiger partial charge < -0.3 is 24.6 Å². The Morgan fingerprint density at radius 2 is 1.90 bits per heavy atom. The van der Waals surface area contributed by atoms with Gasteiger partial charge in [0.2, 0.25) is 0 Å². The molecule has 42 heavy (non-hydrogen) atoms. The number of nitrogens with zero attached hydrogens (tertiary/aromatic N) is 3. The Hall–Kier alpha value is -3.94. The lowest BCUT2D eigenvalue weighted by Crippen LogP contribution is -2.71. The molecule has 3 heterocycles. The first-order valence-electron chi connectivity index (χ1n) is 13.5. The van der Waals surface area contributed by atoms with Crippen LogP contribution in [0.2, 0.25) is 0 Å². The Morgan fingerprint density at radius 3 is 2.62 bits per heavy atom. The van der Waals surface area contributed by atoms with Crippen LogP contribution in [0.15, 0.2) is 36.4 Å². The maximum Gasteiger partial charge on any atom is 0.586 e. The molecule has 9 nitrogen and oxygen atoms in total. The zero-order valence-corrected chi connectivity index (χ0v) is 22.2. The summed E-state index contributed by atoms with van der Waals surface area (Å²) in [6.45, 7) is 1.76. The first-order valence-corrected chi connectivity index (χ1v) is 13.5. The van der Waals surface area contributed by atoms with E-state index in [9.17, 15) is 31.9 Å². The van der Waals surface area contributed by atoms with Gasteiger partial charge >= 0.3 is 18.4 Å². The van der Waals surface area contributed by atoms with Crippen LogP contribution in [0.25, 0.3) is 5.82 Å². The van der Waals surface area contributed by atoms with Crippen LogP contribution in [0.4, 0.5) is 27.8 Å². The van der Waals surface area contributed by atoms with Crippen LogP contribution in [0, 0.1) is 5.41 Å². The molecule has 2 N–H and O–H groups in total. The van der Waals surface area contributed by atoms with Crippen molar-refractivity contribution in [3.05, 3.63) is 58.9 Å². The number of carbonyl (C=O) groups is 1.